The first kappa shape index (κ1) is 15.5. The summed E-state index contributed by atoms with van der Waals surface area (Å²) in [5.74, 6) is 1.01. The Morgan fingerprint density at radius 2 is 2.00 bits per heavy atom. The number of aliphatic hydroxyl groups is 1. The summed E-state index contributed by atoms with van der Waals surface area (Å²) in [6.45, 7) is 7.39. The van der Waals surface area contributed by atoms with Gasteiger partial charge in [-0.15, -0.1) is 0 Å². The SMILES string of the molecule is Cc1c(C(=O)N2CCCC2)oc2ccc3c(c12)C(O)CC(C)(C)O3. The van der Waals surface area contributed by atoms with Crippen molar-refractivity contribution in [1.82, 2.24) is 4.90 Å². The van der Waals surface area contributed by atoms with Gasteiger partial charge in [0.2, 0.25) is 0 Å². The van der Waals surface area contributed by atoms with Gasteiger partial charge in [-0.1, -0.05) is 0 Å². The Bertz CT molecular complexity index is 814. The molecule has 0 saturated carbocycles. The lowest BCUT2D eigenvalue weighted by Gasteiger charge is -2.35. The van der Waals surface area contributed by atoms with Gasteiger partial charge in [-0.3, -0.25) is 4.79 Å². The minimum Gasteiger partial charge on any atom is -0.487 e. The third-order valence-corrected chi connectivity index (χ3v) is 5.09. The van der Waals surface area contributed by atoms with Crippen LogP contribution in [0, 0.1) is 6.92 Å². The van der Waals surface area contributed by atoms with E-state index in [-0.39, 0.29) is 5.91 Å². The fourth-order valence-corrected chi connectivity index (χ4v) is 3.95. The summed E-state index contributed by atoms with van der Waals surface area (Å²) in [5.41, 5.74) is 1.76. The molecule has 128 valence electrons. The van der Waals surface area contributed by atoms with Crippen molar-refractivity contribution in [3.8, 4) is 5.75 Å². The maximum absolute atomic E-state index is 12.7. The average molecular weight is 329 g/mol. The Labute approximate surface area is 141 Å². The highest BCUT2D eigenvalue weighted by molar-refractivity contribution is 6.00. The van der Waals surface area contributed by atoms with Gasteiger partial charge in [0.05, 0.1) is 6.10 Å². The molecule has 1 atom stereocenters. The number of ether oxygens (including phenoxy) is 1. The van der Waals surface area contributed by atoms with E-state index in [0.717, 1.165) is 42.4 Å². The molecule has 5 heteroatoms. The molecule has 1 aromatic heterocycles. The number of amides is 1. The molecule has 1 aromatic carbocycles. The fourth-order valence-electron chi connectivity index (χ4n) is 3.95. The van der Waals surface area contributed by atoms with Crippen molar-refractivity contribution in [2.75, 3.05) is 13.1 Å². The van der Waals surface area contributed by atoms with Crippen LogP contribution in [0.25, 0.3) is 11.0 Å². The van der Waals surface area contributed by atoms with E-state index in [1.807, 2.05) is 37.8 Å². The summed E-state index contributed by atoms with van der Waals surface area (Å²) in [7, 11) is 0. The first-order valence-electron chi connectivity index (χ1n) is 8.60. The molecule has 0 spiro atoms. The van der Waals surface area contributed by atoms with Crippen molar-refractivity contribution < 1.29 is 19.1 Å². The van der Waals surface area contributed by atoms with E-state index in [1.54, 1.807) is 0 Å². The maximum atomic E-state index is 12.7. The molecule has 2 aliphatic heterocycles. The normalized spacial score (nSPS) is 22.5. The summed E-state index contributed by atoms with van der Waals surface area (Å²) >= 11 is 0. The second-order valence-corrected chi connectivity index (χ2v) is 7.49. The molecule has 4 rings (SSSR count). The fraction of sp³-hybridized carbons (Fsp3) is 0.526. The number of fused-ring (bicyclic) bond motifs is 3. The highest BCUT2D eigenvalue weighted by atomic mass is 16.5. The molecule has 2 aromatic rings. The molecule has 3 heterocycles. The van der Waals surface area contributed by atoms with E-state index in [4.69, 9.17) is 9.15 Å². The van der Waals surface area contributed by atoms with Gasteiger partial charge in [0.1, 0.15) is 16.9 Å². The second-order valence-electron chi connectivity index (χ2n) is 7.49. The summed E-state index contributed by atoms with van der Waals surface area (Å²) < 4.78 is 11.9. The van der Waals surface area contributed by atoms with Gasteiger partial charge in [-0.05, 0) is 45.7 Å². The van der Waals surface area contributed by atoms with E-state index in [9.17, 15) is 9.90 Å². The maximum Gasteiger partial charge on any atom is 0.289 e. The Morgan fingerprint density at radius 3 is 2.71 bits per heavy atom. The summed E-state index contributed by atoms with van der Waals surface area (Å²) in [5, 5.41) is 11.5. The first-order valence-corrected chi connectivity index (χ1v) is 8.60. The molecule has 5 nitrogen and oxygen atoms in total. The van der Waals surface area contributed by atoms with Gasteiger partial charge >= 0.3 is 0 Å². The topological polar surface area (TPSA) is 62.9 Å². The smallest absolute Gasteiger partial charge is 0.289 e. The Balaban J connectivity index is 1.85. The van der Waals surface area contributed by atoms with Gasteiger partial charge in [0.25, 0.3) is 5.91 Å². The van der Waals surface area contributed by atoms with Gasteiger partial charge in [-0.2, -0.15) is 0 Å². The van der Waals surface area contributed by atoms with Crippen LogP contribution in [-0.4, -0.2) is 34.6 Å². The number of furan rings is 1. The number of nitrogens with zero attached hydrogens (tertiary/aromatic N) is 1. The molecule has 1 amide bonds. The molecule has 1 unspecified atom stereocenters. The van der Waals surface area contributed by atoms with E-state index < -0.39 is 11.7 Å². The summed E-state index contributed by atoms with van der Waals surface area (Å²) in [6, 6.07) is 3.66. The number of carbonyl (C=O) groups excluding carboxylic acids is 1. The number of carbonyl (C=O) groups is 1. The molecular weight excluding hydrogens is 306 g/mol. The molecule has 1 N–H and O–H groups in total. The highest BCUT2D eigenvalue weighted by Crippen LogP contribution is 2.45. The number of aryl methyl sites for hydroxylation is 1. The van der Waals surface area contributed by atoms with E-state index in [2.05, 4.69) is 0 Å². The first-order chi connectivity index (χ1) is 11.4. The van der Waals surface area contributed by atoms with Gasteiger partial charge in [0, 0.05) is 36.0 Å². The minimum absolute atomic E-state index is 0.0542. The number of hydrogen-bond donors (Lipinski definition) is 1. The molecule has 0 radical (unpaired) electrons. The molecule has 0 bridgehead atoms. The van der Waals surface area contributed by atoms with Crippen LogP contribution in [0.4, 0.5) is 0 Å². The molecular formula is C19H23NO4. The second kappa shape index (κ2) is 5.24. The van der Waals surface area contributed by atoms with E-state index in [0.29, 0.717) is 23.5 Å². The van der Waals surface area contributed by atoms with Crippen molar-refractivity contribution >= 4 is 16.9 Å². The van der Waals surface area contributed by atoms with Crippen LogP contribution in [-0.2, 0) is 0 Å². The van der Waals surface area contributed by atoms with Gasteiger partial charge in [0.15, 0.2) is 5.76 Å². The van der Waals surface area contributed by atoms with Crippen LogP contribution >= 0.6 is 0 Å². The van der Waals surface area contributed by atoms with E-state index >= 15 is 0 Å². The molecule has 24 heavy (non-hydrogen) atoms. The lowest BCUT2D eigenvalue weighted by Crippen LogP contribution is -2.34. The zero-order chi connectivity index (χ0) is 17.1. The zero-order valence-electron chi connectivity index (χ0n) is 14.4. The van der Waals surface area contributed by atoms with Gasteiger partial charge < -0.3 is 19.2 Å². The van der Waals surface area contributed by atoms with E-state index in [1.165, 1.54) is 0 Å². The number of benzene rings is 1. The van der Waals surface area contributed by atoms with Crippen molar-refractivity contribution in [2.45, 2.75) is 51.7 Å². The highest BCUT2D eigenvalue weighted by Gasteiger charge is 2.36. The van der Waals surface area contributed by atoms with Gasteiger partial charge in [-0.25, -0.2) is 0 Å². The van der Waals surface area contributed by atoms with Crippen LogP contribution in [0.2, 0.25) is 0 Å². The van der Waals surface area contributed by atoms with Crippen molar-refractivity contribution in [1.29, 1.82) is 0 Å². The quantitative estimate of drug-likeness (QED) is 0.869. The number of likely N-dealkylation sites (tertiary alicyclic amines) is 1. The van der Waals surface area contributed by atoms with Crippen LogP contribution in [0.5, 0.6) is 5.75 Å². The number of aliphatic hydroxyl groups excluding tert-OH is 1. The monoisotopic (exact) mass is 329 g/mol. The Hall–Kier alpha value is -2.01. The average Bonchev–Trinajstić information content (AvgIpc) is 3.14. The lowest BCUT2D eigenvalue weighted by molar-refractivity contribution is 0.0126. The third kappa shape index (κ3) is 2.30. The molecule has 2 aliphatic rings. The van der Waals surface area contributed by atoms with Crippen molar-refractivity contribution in [2.24, 2.45) is 0 Å². The molecule has 1 fully saturated rings. The van der Waals surface area contributed by atoms with Crippen molar-refractivity contribution in [3.63, 3.8) is 0 Å². The number of rotatable bonds is 1. The minimum atomic E-state index is -0.626. The van der Waals surface area contributed by atoms with Crippen molar-refractivity contribution in [3.05, 3.63) is 29.0 Å². The van der Waals surface area contributed by atoms with Crippen LogP contribution < -0.4 is 4.74 Å². The van der Waals surface area contributed by atoms with Crippen LogP contribution in [0.15, 0.2) is 16.5 Å². The zero-order valence-corrected chi connectivity index (χ0v) is 14.4. The largest absolute Gasteiger partial charge is 0.487 e. The third-order valence-electron chi connectivity index (χ3n) is 5.09. The molecule has 1 saturated heterocycles. The Kier molecular flexibility index (Phi) is 3.39. The predicted octanol–water partition coefficient (Wildman–Crippen LogP) is 3.57. The summed E-state index contributed by atoms with van der Waals surface area (Å²) in [6.07, 6.45) is 1.97. The summed E-state index contributed by atoms with van der Waals surface area (Å²) in [4.78, 5) is 14.6. The molecule has 0 aliphatic carbocycles. The predicted molar refractivity (Wildman–Crippen MR) is 90.4 cm³/mol. The van der Waals surface area contributed by atoms with Crippen LogP contribution in [0.1, 0.15) is 60.9 Å². The standard InChI is InChI=1S/C19H23NO4/c1-11-15-13(23-17(11)18(22)20-8-4-5-9-20)6-7-14-16(15)12(21)10-19(2,3)24-14/h6-7,12,21H,4-5,8-10H2,1-3H3. The lowest BCUT2D eigenvalue weighted by atomic mass is 9.89. The van der Waals surface area contributed by atoms with Crippen LogP contribution in [0.3, 0.4) is 0 Å². The number of hydrogen-bond acceptors (Lipinski definition) is 4. The Morgan fingerprint density at radius 1 is 1.29 bits per heavy atom.